The van der Waals surface area contributed by atoms with Gasteiger partial charge in [-0.1, -0.05) is 6.07 Å². The predicted octanol–water partition coefficient (Wildman–Crippen LogP) is 2.33. The molecule has 0 radical (unpaired) electrons. The number of hydrazine groups is 1. The molecule has 0 aromatic heterocycles. The Morgan fingerprint density at radius 2 is 1.79 bits per heavy atom. The Bertz CT molecular complexity index is 417. The summed E-state index contributed by atoms with van der Waals surface area (Å²) < 4.78 is 9.99. The molecule has 0 amide bonds. The van der Waals surface area contributed by atoms with Crippen LogP contribution >= 0.6 is 11.6 Å². The first-order valence-corrected chi connectivity index (χ1v) is 6.03. The van der Waals surface area contributed by atoms with E-state index in [9.17, 15) is 4.79 Å². The lowest BCUT2D eigenvalue weighted by atomic mass is 10.1. The molecule has 0 aliphatic carbocycles. The second-order valence-electron chi connectivity index (χ2n) is 4.71. The van der Waals surface area contributed by atoms with Gasteiger partial charge in [-0.2, -0.15) is 0 Å². The van der Waals surface area contributed by atoms with Crippen LogP contribution in [0.2, 0.25) is 0 Å². The van der Waals surface area contributed by atoms with E-state index in [4.69, 9.17) is 26.9 Å². The zero-order chi connectivity index (χ0) is 15.1. The normalized spacial score (nSPS) is 10.3. The Labute approximate surface area is 119 Å². The Balaban J connectivity index is 0.000000459. The van der Waals surface area contributed by atoms with E-state index in [-0.39, 0.29) is 5.54 Å². The number of rotatable bonds is 3. The summed E-state index contributed by atoms with van der Waals surface area (Å²) in [5.41, 5.74) is 2.98. The lowest BCUT2D eigenvalue weighted by Crippen LogP contribution is -2.41. The van der Waals surface area contributed by atoms with Gasteiger partial charge in [0.05, 0.1) is 19.8 Å². The van der Waals surface area contributed by atoms with Gasteiger partial charge in [0.25, 0.3) is 5.24 Å². The quantitative estimate of drug-likeness (QED) is 0.507. The molecule has 1 aromatic rings. The van der Waals surface area contributed by atoms with Crippen LogP contribution in [0.4, 0.5) is 0 Å². The number of hydrogen-bond donors (Lipinski definition) is 2. The van der Waals surface area contributed by atoms with Gasteiger partial charge >= 0.3 is 0 Å². The molecular formula is C13H21ClN2O3. The monoisotopic (exact) mass is 288 g/mol. The van der Waals surface area contributed by atoms with E-state index in [1.807, 2.05) is 20.8 Å². The van der Waals surface area contributed by atoms with Crippen LogP contribution in [0.15, 0.2) is 18.2 Å². The second-order valence-corrected chi connectivity index (χ2v) is 5.05. The highest BCUT2D eigenvalue weighted by Crippen LogP contribution is 2.31. The van der Waals surface area contributed by atoms with Crippen molar-refractivity contribution in [2.45, 2.75) is 26.3 Å². The number of hydrogen-bond acceptors (Lipinski definition) is 5. The largest absolute Gasteiger partial charge is 0.493 e. The molecule has 1 rings (SSSR count). The average molecular weight is 289 g/mol. The van der Waals surface area contributed by atoms with Crippen molar-refractivity contribution < 1.29 is 14.3 Å². The zero-order valence-electron chi connectivity index (χ0n) is 11.9. The van der Waals surface area contributed by atoms with Crippen molar-refractivity contribution in [1.82, 2.24) is 5.43 Å². The highest BCUT2D eigenvalue weighted by molar-refractivity contribution is 6.68. The van der Waals surface area contributed by atoms with Crippen LogP contribution in [-0.4, -0.2) is 25.0 Å². The Morgan fingerprint density at radius 3 is 2.11 bits per heavy atom. The summed E-state index contributed by atoms with van der Waals surface area (Å²) in [6.45, 7) is 6.02. The highest BCUT2D eigenvalue weighted by atomic mass is 35.5. The molecule has 0 spiro atoms. The SMILES string of the molecule is CC(C)(C)NN.COc1cccc(C(=O)Cl)c1OC. The first-order valence-electron chi connectivity index (χ1n) is 5.65. The molecule has 108 valence electrons. The van der Waals surface area contributed by atoms with Crippen LogP contribution in [-0.2, 0) is 0 Å². The molecule has 0 bridgehead atoms. The van der Waals surface area contributed by atoms with Gasteiger partial charge < -0.3 is 9.47 Å². The van der Waals surface area contributed by atoms with Gasteiger partial charge in [-0.05, 0) is 44.5 Å². The summed E-state index contributed by atoms with van der Waals surface area (Å²) in [5, 5.41) is -0.559. The van der Waals surface area contributed by atoms with Crippen molar-refractivity contribution in [1.29, 1.82) is 0 Å². The molecule has 0 unspecified atom stereocenters. The molecule has 0 aliphatic rings. The topological polar surface area (TPSA) is 73.6 Å². The molecular weight excluding hydrogens is 268 g/mol. The second kappa shape index (κ2) is 7.99. The van der Waals surface area contributed by atoms with Gasteiger partial charge in [0.1, 0.15) is 0 Å². The van der Waals surface area contributed by atoms with Crippen molar-refractivity contribution >= 4 is 16.8 Å². The average Bonchev–Trinajstić information content (AvgIpc) is 2.37. The van der Waals surface area contributed by atoms with Gasteiger partial charge in [0, 0.05) is 5.54 Å². The zero-order valence-corrected chi connectivity index (χ0v) is 12.7. The van der Waals surface area contributed by atoms with Crippen molar-refractivity contribution in [2.75, 3.05) is 14.2 Å². The lowest BCUT2D eigenvalue weighted by Gasteiger charge is -2.14. The van der Waals surface area contributed by atoms with Crippen LogP contribution in [0, 0.1) is 0 Å². The van der Waals surface area contributed by atoms with Crippen molar-refractivity contribution in [3.8, 4) is 11.5 Å². The van der Waals surface area contributed by atoms with E-state index in [1.54, 1.807) is 18.2 Å². The maximum Gasteiger partial charge on any atom is 0.256 e. The number of benzene rings is 1. The van der Waals surface area contributed by atoms with E-state index in [1.165, 1.54) is 14.2 Å². The maximum atomic E-state index is 10.9. The molecule has 5 nitrogen and oxygen atoms in total. The predicted molar refractivity (Wildman–Crippen MR) is 76.8 cm³/mol. The highest BCUT2D eigenvalue weighted by Gasteiger charge is 2.13. The minimum atomic E-state index is -0.559. The van der Waals surface area contributed by atoms with E-state index in [2.05, 4.69) is 5.43 Å². The van der Waals surface area contributed by atoms with Crippen LogP contribution < -0.4 is 20.7 Å². The first-order chi connectivity index (χ1) is 8.76. The van der Waals surface area contributed by atoms with Gasteiger partial charge in [-0.3, -0.25) is 16.1 Å². The first kappa shape index (κ1) is 17.7. The lowest BCUT2D eigenvalue weighted by molar-refractivity contribution is 0.107. The number of carbonyl (C=O) groups excluding carboxylic acids is 1. The summed E-state index contributed by atoms with van der Waals surface area (Å²) in [6.07, 6.45) is 0. The summed E-state index contributed by atoms with van der Waals surface area (Å²) in [5.74, 6) is 5.92. The molecule has 0 fully saturated rings. The summed E-state index contributed by atoms with van der Waals surface area (Å²) >= 11 is 5.34. The molecule has 0 heterocycles. The fourth-order valence-corrected chi connectivity index (χ4v) is 1.19. The minimum absolute atomic E-state index is 0.0694. The van der Waals surface area contributed by atoms with Crippen molar-refractivity contribution in [2.24, 2.45) is 5.84 Å². The number of ether oxygens (including phenoxy) is 2. The molecule has 3 N–H and O–H groups in total. The Kier molecular flexibility index (Phi) is 7.44. The van der Waals surface area contributed by atoms with Gasteiger partial charge in [-0.25, -0.2) is 0 Å². The molecule has 19 heavy (non-hydrogen) atoms. The van der Waals surface area contributed by atoms with E-state index in [0.717, 1.165) is 0 Å². The molecule has 1 aromatic carbocycles. The van der Waals surface area contributed by atoms with Crippen molar-refractivity contribution in [3.63, 3.8) is 0 Å². The number of nitrogens with one attached hydrogen (secondary N) is 1. The molecule has 0 aliphatic heterocycles. The summed E-state index contributed by atoms with van der Waals surface area (Å²) in [6, 6.07) is 4.95. The number of para-hydroxylation sites is 1. The fourth-order valence-electron chi connectivity index (χ4n) is 1.04. The molecule has 0 saturated carbocycles. The van der Waals surface area contributed by atoms with Crippen LogP contribution in [0.1, 0.15) is 31.1 Å². The van der Waals surface area contributed by atoms with Crippen LogP contribution in [0.25, 0.3) is 0 Å². The third kappa shape index (κ3) is 6.42. The van der Waals surface area contributed by atoms with Crippen LogP contribution in [0.5, 0.6) is 11.5 Å². The van der Waals surface area contributed by atoms with Gasteiger partial charge in [0.15, 0.2) is 11.5 Å². The minimum Gasteiger partial charge on any atom is -0.493 e. The van der Waals surface area contributed by atoms with Crippen molar-refractivity contribution in [3.05, 3.63) is 23.8 Å². The standard InChI is InChI=1S/C9H9ClO3.C4H12N2/c1-12-7-5-3-4-6(9(10)11)8(7)13-2;1-4(2,3)6-5/h3-5H,1-2H3;6H,5H2,1-3H3. The third-order valence-electron chi connectivity index (χ3n) is 2.05. The molecule has 0 atom stereocenters. The van der Waals surface area contributed by atoms with Crippen LogP contribution in [0.3, 0.4) is 0 Å². The van der Waals surface area contributed by atoms with E-state index in [0.29, 0.717) is 17.1 Å². The third-order valence-corrected chi connectivity index (χ3v) is 2.25. The Morgan fingerprint density at radius 1 is 1.26 bits per heavy atom. The summed E-state index contributed by atoms with van der Waals surface area (Å²) in [4.78, 5) is 10.9. The van der Waals surface area contributed by atoms with E-state index >= 15 is 0 Å². The summed E-state index contributed by atoms with van der Waals surface area (Å²) in [7, 11) is 2.96. The smallest absolute Gasteiger partial charge is 0.256 e. The molecule has 0 saturated heterocycles. The fraction of sp³-hybridized carbons (Fsp3) is 0.462. The maximum absolute atomic E-state index is 10.9. The van der Waals surface area contributed by atoms with Gasteiger partial charge in [0.2, 0.25) is 0 Å². The van der Waals surface area contributed by atoms with Gasteiger partial charge in [-0.15, -0.1) is 0 Å². The molecule has 6 heteroatoms. The number of methoxy groups -OCH3 is 2. The Hall–Kier alpha value is -1.30. The number of halogens is 1. The van der Waals surface area contributed by atoms with E-state index < -0.39 is 5.24 Å². The number of carbonyl (C=O) groups is 1. The number of nitrogens with two attached hydrogens (primary N) is 1.